The Hall–Kier alpha value is -0.530. The first-order chi connectivity index (χ1) is 7.85. The molecule has 0 radical (unpaired) electrons. The van der Waals surface area contributed by atoms with Crippen molar-refractivity contribution in [3.8, 4) is 0 Å². The molecule has 1 aromatic carbocycles. The van der Waals surface area contributed by atoms with Crippen molar-refractivity contribution in [1.29, 1.82) is 0 Å². The van der Waals surface area contributed by atoms with Crippen LogP contribution in [0.25, 0.3) is 0 Å². The second-order valence-corrected chi connectivity index (χ2v) is 5.04. The van der Waals surface area contributed by atoms with Crippen LogP contribution in [0, 0.1) is 5.41 Å². The maximum atomic E-state index is 6.07. The summed E-state index contributed by atoms with van der Waals surface area (Å²) in [4.78, 5) is 0. The zero-order chi connectivity index (χ0) is 11.3. The van der Waals surface area contributed by atoms with Crippen LogP contribution in [0.15, 0.2) is 30.3 Å². The van der Waals surface area contributed by atoms with Crippen LogP contribution in [0.2, 0.25) is 0 Å². The van der Waals surface area contributed by atoms with Crippen LogP contribution in [-0.4, -0.2) is 19.1 Å². The SMILES string of the molecule is ClCC1(CCCc2ccccc2)CCOC1. The number of hydrogen-bond donors (Lipinski definition) is 0. The molecule has 1 aromatic rings. The molecule has 0 aromatic heterocycles. The molecule has 1 saturated heterocycles. The Labute approximate surface area is 103 Å². The lowest BCUT2D eigenvalue weighted by molar-refractivity contribution is 0.155. The van der Waals surface area contributed by atoms with Crippen molar-refractivity contribution in [3.63, 3.8) is 0 Å². The van der Waals surface area contributed by atoms with E-state index < -0.39 is 0 Å². The number of aryl methyl sites for hydroxylation is 1. The summed E-state index contributed by atoms with van der Waals surface area (Å²) in [5.41, 5.74) is 1.68. The molecular formula is C14H19ClO. The van der Waals surface area contributed by atoms with Crippen molar-refractivity contribution < 1.29 is 4.74 Å². The fraction of sp³-hybridized carbons (Fsp3) is 0.571. The minimum atomic E-state index is 0.260. The summed E-state index contributed by atoms with van der Waals surface area (Å²) in [5, 5.41) is 0. The molecule has 0 bridgehead atoms. The monoisotopic (exact) mass is 238 g/mol. The third kappa shape index (κ3) is 2.99. The normalized spacial score (nSPS) is 24.8. The first-order valence-corrected chi connectivity index (χ1v) is 6.56. The van der Waals surface area contributed by atoms with Gasteiger partial charge in [-0.05, 0) is 31.2 Å². The Morgan fingerprint density at radius 2 is 2.06 bits per heavy atom. The van der Waals surface area contributed by atoms with E-state index in [1.54, 1.807) is 0 Å². The molecule has 0 amide bonds. The highest BCUT2D eigenvalue weighted by Gasteiger charge is 2.33. The first-order valence-electron chi connectivity index (χ1n) is 6.02. The van der Waals surface area contributed by atoms with Gasteiger partial charge in [0.2, 0.25) is 0 Å². The van der Waals surface area contributed by atoms with Crippen molar-refractivity contribution in [2.45, 2.75) is 25.7 Å². The Bertz CT molecular complexity index is 304. The Morgan fingerprint density at radius 3 is 2.69 bits per heavy atom. The molecule has 0 aliphatic carbocycles. The van der Waals surface area contributed by atoms with Crippen molar-refractivity contribution in [2.24, 2.45) is 5.41 Å². The third-order valence-corrected chi connectivity index (χ3v) is 4.05. The Morgan fingerprint density at radius 1 is 1.25 bits per heavy atom. The maximum absolute atomic E-state index is 6.07. The Balaban J connectivity index is 1.79. The maximum Gasteiger partial charge on any atom is 0.0534 e. The van der Waals surface area contributed by atoms with Crippen LogP contribution in [0.5, 0.6) is 0 Å². The zero-order valence-electron chi connectivity index (χ0n) is 9.62. The molecule has 0 spiro atoms. The average molecular weight is 239 g/mol. The lowest BCUT2D eigenvalue weighted by Gasteiger charge is -2.24. The molecule has 2 rings (SSSR count). The highest BCUT2D eigenvalue weighted by atomic mass is 35.5. The largest absolute Gasteiger partial charge is 0.381 e. The van der Waals surface area contributed by atoms with Gasteiger partial charge in [0, 0.05) is 17.9 Å². The minimum Gasteiger partial charge on any atom is -0.381 e. The van der Waals surface area contributed by atoms with Gasteiger partial charge in [0.15, 0.2) is 0 Å². The summed E-state index contributed by atoms with van der Waals surface area (Å²) in [7, 11) is 0. The van der Waals surface area contributed by atoms with Crippen LogP contribution < -0.4 is 0 Å². The quantitative estimate of drug-likeness (QED) is 0.712. The van der Waals surface area contributed by atoms with E-state index in [0.717, 1.165) is 31.9 Å². The van der Waals surface area contributed by atoms with Crippen LogP contribution in [0.3, 0.4) is 0 Å². The second-order valence-electron chi connectivity index (χ2n) is 4.78. The number of ether oxygens (including phenoxy) is 1. The van der Waals surface area contributed by atoms with Crippen LogP contribution in [0.1, 0.15) is 24.8 Å². The van der Waals surface area contributed by atoms with Crippen molar-refractivity contribution in [1.82, 2.24) is 0 Å². The average Bonchev–Trinajstić information content (AvgIpc) is 2.80. The van der Waals surface area contributed by atoms with Gasteiger partial charge in [0.25, 0.3) is 0 Å². The highest BCUT2D eigenvalue weighted by molar-refractivity contribution is 6.18. The molecule has 2 heteroatoms. The molecule has 1 nitrogen and oxygen atoms in total. The molecule has 1 atom stereocenters. The smallest absolute Gasteiger partial charge is 0.0534 e. The summed E-state index contributed by atoms with van der Waals surface area (Å²) >= 11 is 6.07. The molecule has 1 fully saturated rings. The van der Waals surface area contributed by atoms with Crippen molar-refractivity contribution in [3.05, 3.63) is 35.9 Å². The zero-order valence-corrected chi connectivity index (χ0v) is 10.4. The van der Waals surface area contributed by atoms with Gasteiger partial charge in [-0.2, -0.15) is 0 Å². The lowest BCUT2D eigenvalue weighted by atomic mass is 9.83. The van der Waals surface area contributed by atoms with Crippen LogP contribution in [0.4, 0.5) is 0 Å². The van der Waals surface area contributed by atoms with Gasteiger partial charge in [-0.3, -0.25) is 0 Å². The molecule has 0 N–H and O–H groups in total. The Kier molecular flexibility index (Phi) is 4.25. The molecule has 0 saturated carbocycles. The van der Waals surface area contributed by atoms with E-state index in [0.29, 0.717) is 0 Å². The van der Waals surface area contributed by atoms with Crippen LogP contribution in [-0.2, 0) is 11.2 Å². The summed E-state index contributed by atoms with van der Waals surface area (Å²) in [6.45, 7) is 1.74. The standard InChI is InChI=1S/C14H19ClO/c15-11-14(9-10-16-12-14)8-4-7-13-5-2-1-3-6-13/h1-3,5-6H,4,7-12H2. The van der Waals surface area contributed by atoms with E-state index in [1.165, 1.54) is 18.4 Å². The molecular weight excluding hydrogens is 220 g/mol. The highest BCUT2D eigenvalue weighted by Crippen LogP contribution is 2.35. The first kappa shape index (κ1) is 11.9. The molecule has 1 aliphatic rings. The lowest BCUT2D eigenvalue weighted by Crippen LogP contribution is -2.23. The van der Waals surface area contributed by atoms with Gasteiger partial charge in [-0.1, -0.05) is 30.3 Å². The summed E-state index contributed by atoms with van der Waals surface area (Å²) in [6, 6.07) is 10.7. The van der Waals surface area contributed by atoms with E-state index in [4.69, 9.17) is 16.3 Å². The van der Waals surface area contributed by atoms with Gasteiger partial charge in [-0.15, -0.1) is 11.6 Å². The molecule has 88 valence electrons. The summed E-state index contributed by atoms with van der Waals surface area (Å²) < 4.78 is 5.47. The fourth-order valence-corrected chi connectivity index (χ4v) is 2.68. The van der Waals surface area contributed by atoms with Gasteiger partial charge in [0.1, 0.15) is 0 Å². The second kappa shape index (κ2) is 5.70. The third-order valence-electron chi connectivity index (χ3n) is 3.48. The number of halogens is 1. The molecule has 1 heterocycles. The number of benzene rings is 1. The van der Waals surface area contributed by atoms with Gasteiger partial charge in [-0.25, -0.2) is 0 Å². The van der Waals surface area contributed by atoms with E-state index in [-0.39, 0.29) is 5.41 Å². The van der Waals surface area contributed by atoms with E-state index in [9.17, 15) is 0 Å². The van der Waals surface area contributed by atoms with E-state index in [2.05, 4.69) is 30.3 Å². The van der Waals surface area contributed by atoms with E-state index >= 15 is 0 Å². The number of alkyl halides is 1. The van der Waals surface area contributed by atoms with Gasteiger partial charge in [0.05, 0.1) is 6.61 Å². The van der Waals surface area contributed by atoms with E-state index in [1.807, 2.05) is 0 Å². The number of hydrogen-bond acceptors (Lipinski definition) is 1. The summed E-state index contributed by atoms with van der Waals surface area (Å²) in [6.07, 6.45) is 4.68. The van der Waals surface area contributed by atoms with Gasteiger partial charge >= 0.3 is 0 Å². The van der Waals surface area contributed by atoms with Crippen LogP contribution >= 0.6 is 11.6 Å². The molecule has 16 heavy (non-hydrogen) atoms. The molecule has 1 unspecified atom stereocenters. The fourth-order valence-electron chi connectivity index (χ4n) is 2.33. The topological polar surface area (TPSA) is 9.23 Å². The summed E-state index contributed by atoms with van der Waals surface area (Å²) in [5.74, 6) is 0.738. The van der Waals surface area contributed by atoms with Crippen molar-refractivity contribution in [2.75, 3.05) is 19.1 Å². The predicted molar refractivity (Wildman–Crippen MR) is 68.0 cm³/mol. The van der Waals surface area contributed by atoms with Gasteiger partial charge < -0.3 is 4.74 Å². The van der Waals surface area contributed by atoms with Crippen molar-refractivity contribution >= 4 is 11.6 Å². The predicted octanol–water partition coefficient (Wildman–Crippen LogP) is 3.65. The number of rotatable bonds is 5. The molecule has 1 aliphatic heterocycles. The minimum absolute atomic E-state index is 0.260.